The van der Waals surface area contributed by atoms with Crippen molar-refractivity contribution in [3.05, 3.63) is 35.4 Å². The Morgan fingerprint density at radius 2 is 0.811 bits per heavy atom. The van der Waals surface area contributed by atoms with Gasteiger partial charge in [-0.25, -0.2) is 4.79 Å². The molecule has 1 aromatic rings. The molecular weight excluding hydrogens is 1380 g/mol. The minimum Gasteiger partial charge on any atom is -0.463 e. The first-order chi connectivity index (χ1) is 48.9. The van der Waals surface area contributed by atoms with Crippen LogP contribution in [0.25, 0.3) is 0 Å². The Morgan fingerprint density at radius 1 is 0.425 bits per heavy atom. The minimum absolute atomic E-state index is 0.00704. The van der Waals surface area contributed by atoms with Crippen LogP contribution in [0, 0.1) is 77.9 Å². The lowest BCUT2D eigenvalue weighted by Gasteiger charge is -2.19. The second-order valence-corrected chi connectivity index (χ2v) is 33.7. The third-order valence-corrected chi connectivity index (χ3v) is 19.0. The molecule has 2 heterocycles. The lowest BCUT2D eigenvalue weighted by atomic mass is 9.98. The number of carbonyl (C=O) groups excluding carboxylic acids is 13. The van der Waals surface area contributed by atoms with E-state index in [-0.39, 0.29) is 106 Å². The van der Waals surface area contributed by atoms with E-state index >= 15 is 0 Å². The van der Waals surface area contributed by atoms with Gasteiger partial charge in [0, 0.05) is 98.0 Å². The highest BCUT2D eigenvalue weighted by Crippen LogP contribution is 2.30. The monoisotopic (exact) mass is 1540 g/mol. The van der Waals surface area contributed by atoms with Crippen LogP contribution in [0.1, 0.15) is 309 Å². The van der Waals surface area contributed by atoms with Gasteiger partial charge in [0.2, 0.25) is 5.91 Å². The van der Waals surface area contributed by atoms with Crippen LogP contribution in [0.5, 0.6) is 0 Å². The molecule has 2 fully saturated rings. The van der Waals surface area contributed by atoms with E-state index in [9.17, 15) is 62.3 Å². The molecule has 0 aromatic heterocycles. The lowest BCUT2D eigenvalue weighted by Crippen LogP contribution is -2.42. The molecule has 3 rings (SSSR count). The lowest BCUT2D eigenvalue weighted by molar-refractivity contribution is -0.158. The Bertz CT molecular complexity index is 2570. The highest BCUT2D eigenvalue weighted by atomic mass is 32.2. The number of ketones is 8. The van der Waals surface area contributed by atoms with Gasteiger partial charge in [-0.3, -0.25) is 57.5 Å². The van der Waals surface area contributed by atoms with Crippen molar-refractivity contribution in [2.45, 2.75) is 347 Å². The molecule has 0 bridgehead atoms. The van der Waals surface area contributed by atoms with Gasteiger partial charge in [-0.1, -0.05) is 209 Å². The highest BCUT2D eigenvalue weighted by Gasteiger charge is 2.27. The molecule has 2 aliphatic heterocycles. The summed E-state index contributed by atoms with van der Waals surface area (Å²) >= 11 is 4.21. The number of nitrogens with one attached hydrogen (secondary N) is 1. The summed E-state index contributed by atoms with van der Waals surface area (Å²) in [5, 5.41) is 3.38. The van der Waals surface area contributed by atoms with Crippen molar-refractivity contribution >= 4 is 99.6 Å². The SMILES string of the molecule is CC(=O)OC(C)C(=O)C(C)C.CC(C)C(=O)C(C)C.CC(C)C(=O)CCCCC1CCCS1.CC(C)C(=O)CCCCC1CCSC1.CC(C)C(=O)OC(C)C(=O)C(C)C.CC(C)OC(=O)C(C)C.CCC(=O)C(C)C.CCC(NC(C)=O)C(=O)OC(C)C(=O)C(C)C.Cc1ccc(CC(=O)C(C)C)cc1. The van der Waals surface area contributed by atoms with Crippen LogP contribution in [0.15, 0.2) is 24.3 Å². The van der Waals surface area contributed by atoms with E-state index in [2.05, 4.69) is 33.6 Å². The van der Waals surface area contributed by atoms with E-state index < -0.39 is 36.3 Å². The van der Waals surface area contributed by atoms with Gasteiger partial charge in [-0.2, -0.15) is 23.5 Å². The number of aryl methyl sites for hydroxylation is 1. The second kappa shape index (κ2) is 65.5. The Hall–Kier alpha value is -5.37. The van der Waals surface area contributed by atoms with Gasteiger partial charge in [0.15, 0.2) is 35.7 Å². The van der Waals surface area contributed by atoms with E-state index in [0.717, 1.165) is 42.4 Å². The molecule has 0 radical (unpaired) electrons. The summed E-state index contributed by atoms with van der Waals surface area (Å²) in [5.41, 5.74) is 2.35. The van der Waals surface area contributed by atoms with Crippen LogP contribution < -0.4 is 5.32 Å². The quantitative estimate of drug-likeness (QED) is 0.0381. The molecule has 6 unspecified atom stereocenters. The predicted molar refractivity (Wildman–Crippen MR) is 438 cm³/mol. The van der Waals surface area contributed by atoms with Crippen LogP contribution in [-0.2, 0) is 87.7 Å². The van der Waals surface area contributed by atoms with Crippen LogP contribution in [0.3, 0.4) is 0 Å². The third kappa shape index (κ3) is 64.6. The fourth-order valence-electron chi connectivity index (χ4n) is 9.19. The number of rotatable bonds is 34. The molecule has 1 aromatic carbocycles. The molecule has 18 nitrogen and oxygen atoms in total. The molecule has 6 atom stereocenters. The maximum absolute atomic E-state index is 11.7. The fraction of sp³-hybridized carbons (Fsp3) is 0.779. The van der Waals surface area contributed by atoms with Crippen molar-refractivity contribution in [1.29, 1.82) is 0 Å². The smallest absolute Gasteiger partial charge is 0.329 e. The van der Waals surface area contributed by atoms with Crippen LogP contribution >= 0.6 is 23.5 Å². The predicted octanol–water partition coefficient (Wildman–Crippen LogP) is 19.1. The van der Waals surface area contributed by atoms with E-state index in [1.54, 1.807) is 83.1 Å². The van der Waals surface area contributed by atoms with Gasteiger partial charge < -0.3 is 24.3 Å². The Kier molecular flexibility index (Phi) is 68.9. The minimum atomic E-state index is -0.773. The first-order valence-corrected chi connectivity index (χ1v) is 41.6. The van der Waals surface area contributed by atoms with Gasteiger partial charge in [0.05, 0.1) is 17.9 Å². The molecule has 0 aliphatic carbocycles. The summed E-state index contributed by atoms with van der Waals surface area (Å²) < 4.78 is 19.5. The molecule has 2 saturated heterocycles. The second-order valence-electron chi connectivity index (χ2n) is 31.1. The Morgan fingerprint density at radius 3 is 1.09 bits per heavy atom. The van der Waals surface area contributed by atoms with E-state index in [0.29, 0.717) is 48.2 Å². The number of carbonyl (C=O) groups is 13. The standard InChI is InChI=1S/C12H21NO4.2C12H22OS.C12H16O.C10H18O3.C8H14O3.C7H14O2.C7H14O.C6H12O/c1-6-10(13-9(5)14)12(16)17-8(4)11(15)7(2)3;1-10(2)12(13)8-4-3-6-11-7-5-9-14-11;1-10(2)12(13)6-4-3-5-11-7-8-14-9-11;1-9(2)12(13)8-11-6-4-10(3)5-7-11;1-6(2)9(11)8(5)13-10(12)7(3)4;1-5(2)8(10)6(3)11-7(4)9;1-5(2)7(8)9-6(3)4;1-5(2)7(8)6(3)4;1-4-6(7)5(2)3/h7-8,10H,6H2,1-5H3,(H,13,14);2*10-11H,3-9H2,1-2H3;4-7,9H,8H2,1-3H3;6-8H,1-5H3;5-6H,1-4H3;5-6H,1-4H3;5-6H,1-4H3;5H,4H2,1-3H3. The molecule has 1 N–H and O–H groups in total. The first kappa shape index (κ1) is 112. The Balaban J connectivity index is -0.000000268. The molecule has 0 spiro atoms. The summed E-state index contributed by atoms with van der Waals surface area (Å²) in [5.74, 6) is 5.70. The molecule has 616 valence electrons. The number of hydrogen-bond acceptors (Lipinski definition) is 19. The normalized spacial score (nSPS) is 14.6. The van der Waals surface area contributed by atoms with Crippen LogP contribution in [-0.4, -0.2) is 129 Å². The van der Waals surface area contributed by atoms with Crippen LogP contribution in [0.4, 0.5) is 0 Å². The maximum Gasteiger partial charge on any atom is 0.329 e. The summed E-state index contributed by atoms with van der Waals surface area (Å²) in [4.78, 5) is 144. The topological polar surface area (TPSA) is 271 Å². The van der Waals surface area contributed by atoms with Crippen molar-refractivity contribution in [3.63, 3.8) is 0 Å². The van der Waals surface area contributed by atoms with Crippen molar-refractivity contribution in [2.75, 3.05) is 17.3 Å². The van der Waals surface area contributed by atoms with Gasteiger partial charge in [-0.15, -0.1) is 0 Å². The molecule has 106 heavy (non-hydrogen) atoms. The number of unbranched alkanes of at least 4 members (excludes halogenated alkanes) is 2. The van der Waals surface area contributed by atoms with Gasteiger partial charge in [0.25, 0.3) is 0 Å². The zero-order valence-electron chi connectivity index (χ0n) is 72.5. The first-order valence-electron chi connectivity index (χ1n) is 39.4. The number of amides is 1. The van der Waals surface area contributed by atoms with Crippen molar-refractivity contribution in [1.82, 2.24) is 5.32 Å². The average molecular weight is 1540 g/mol. The maximum atomic E-state index is 11.7. The summed E-state index contributed by atoms with van der Waals surface area (Å²) in [6.07, 6.45) is 12.9. The summed E-state index contributed by atoms with van der Waals surface area (Å²) in [7, 11) is 0. The number of Topliss-reactive ketones (excluding diaryl/α,β-unsaturated/α-hetero) is 8. The molecular formula is C86H153NO17S2. The highest BCUT2D eigenvalue weighted by molar-refractivity contribution is 8.00. The number of esters is 4. The van der Waals surface area contributed by atoms with E-state index in [1.165, 1.54) is 81.6 Å². The van der Waals surface area contributed by atoms with Crippen molar-refractivity contribution in [2.24, 2.45) is 71.0 Å². The summed E-state index contributed by atoms with van der Waals surface area (Å²) in [6.45, 7) is 58.0. The van der Waals surface area contributed by atoms with Gasteiger partial charge >= 0.3 is 23.9 Å². The molecule has 0 saturated carbocycles. The van der Waals surface area contributed by atoms with E-state index in [1.807, 2.05) is 149 Å². The van der Waals surface area contributed by atoms with Crippen LogP contribution in [0.2, 0.25) is 0 Å². The van der Waals surface area contributed by atoms with Gasteiger partial charge in [-0.05, 0) is 122 Å². The number of thioether (sulfide) groups is 2. The zero-order chi connectivity index (χ0) is 83.9. The average Bonchev–Trinajstić information content (AvgIpc) is 1.58. The van der Waals surface area contributed by atoms with Gasteiger partial charge in [0.1, 0.15) is 35.0 Å². The Labute approximate surface area is 653 Å². The number of hydrogen-bond donors (Lipinski definition) is 1. The van der Waals surface area contributed by atoms with Crippen molar-refractivity contribution < 1.29 is 81.3 Å². The number of ether oxygens (including phenoxy) is 4. The van der Waals surface area contributed by atoms with E-state index in [4.69, 9.17) is 14.2 Å². The molecule has 20 heteroatoms. The fourth-order valence-corrected chi connectivity index (χ4v) is 11.9. The largest absolute Gasteiger partial charge is 0.463 e. The summed E-state index contributed by atoms with van der Waals surface area (Å²) in [6, 6.07) is 7.45. The molecule has 2 aliphatic rings. The zero-order valence-corrected chi connectivity index (χ0v) is 74.1. The van der Waals surface area contributed by atoms with Crippen molar-refractivity contribution in [3.8, 4) is 0 Å². The molecule has 1 amide bonds. The number of benzene rings is 1. The third-order valence-electron chi connectivity index (χ3n) is 16.3.